The molecule has 1 aliphatic rings. The molecule has 21 heavy (non-hydrogen) atoms. The van der Waals surface area contributed by atoms with Crippen LogP contribution in [0.1, 0.15) is 49.4 Å². The second kappa shape index (κ2) is 5.10. The largest absolute Gasteiger partial charge is 0.508 e. The van der Waals surface area contributed by atoms with Gasteiger partial charge in [0.25, 0.3) is 0 Å². The van der Waals surface area contributed by atoms with E-state index in [0.717, 1.165) is 17.7 Å². The number of aryl methyl sites for hydroxylation is 1. The first kappa shape index (κ1) is 14.0. The lowest BCUT2D eigenvalue weighted by atomic mass is 9.71. The van der Waals surface area contributed by atoms with Crippen LogP contribution in [0.15, 0.2) is 42.5 Å². The number of fused-ring (bicyclic) bond motifs is 1. The number of aromatic hydroxyl groups is 1. The van der Waals surface area contributed by atoms with Gasteiger partial charge in [-0.1, -0.05) is 44.2 Å². The zero-order valence-electron chi connectivity index (χ0n) is 13.0. The van der Waals surface area contributed by atoms with Gasteiger partial charge in [0.1, 0.15) is 5.75 Å². The minimum Gasteiger partial charge on any atom is -0.508 e. The molecule has 1 atom stereocenters. The molecule has 2 aromatic carbocycles. The third-order valence-corrected chi connectivity index (χ3v) is 4.67. The van der Waals surface area contributed by atoms with Gasteiger partial charge in [-0.15, -0.1) is 0 Å². The zero-order valence-corrected chi connectivity index (χ0v) is 13.0. The highest BCUT2D eigenvalue weighted by Gasteiger charge is 2.32. The van der Waals surface area contributed by atoms with Crippen molar-refractivity contribution in [2.45, 2.75) is 45.1 Å². The van der Waals surface area contributed by atoms with E-state index in [-0.39, 0.29) is 5.41 Å². The molecule has 1 aliphatic carbocycles. The fraction of sp³-hybridized carbons (Fsp3) is 0.368. The third-order valence-electron chi connectivity index (χ3n) is 4.67. The van der Waals surface area contributed by atoms with E-state index in [1.54, 1.807) is 0 Å². The number of benzene rings is 2. The van der Waals surface area contributed by atoms with Gasteiger partial charge in [0.2, 0.25) is 0 Å². The minimum absolute atomic E-state index is 0.240. The predicted octanol–water partition coefficient (Wildman–Crippen LogP) is 4.93. The Morgan fingerprint density at radius 1 is 1.14 bits per heavy atom. The number of hydrogen-bond acceptors (Lipinski definition) is 2. The summed E-state index contributed by atoms with van der Waals surface area (Å²) >= 11 is 0. The quantitative estimate of drug-likeness (QED) is 0.818. The Morgan fingerprint density at radius 3 is 2.67 bits per heavy atom. The molecule has 0 amide bonds. The van der Waals surface area contributed by atoms with Gasteiger partial charge in [-0.3, -0.25) is 0 Å². The summed E-state index contributed by atoms with van der Waals surface area (Å²) in [5.41, 5.74) is 4.95. The lowest BCUT2D eigenvalue weighted by molar-refractivity contribution is 0.406. The van der Waals surface area contributed by atoms with E-state index < -0.39 is 0 Å². The van der Waals surface area contributed by atoms with Crippen molar-refractivity contribution >= 4 is 5.69 Å². The molecule has 0 heterocycles. The second-order valence-electron chi connectivity index (χ2n) is 6.71. The summed E-state index contributed by atoms with van der Waals surface area (Å²) in [5, 5.41) is 13.5. The van der Waals surface area contributed by atoms with Gasteiger partial charge in [0.05, 0.1) is 6.04 Å². The standard InChI is InChI=1S/C19H23NO/c1-13-8-9-14(12-18(13)21)20-17-10-11-19(2,3)16-7-5-4-6-15(16)17/h4-9,12,17,20-21H,10-11H2,1-3H3. The molecule has 0 spiro atoms. The topological polar surface area (TPSA) is 32.3 Å². The first-order chi connectivity index (χ1) is 9.97. The normalized spacial score (nSPS) is 19.9. The molecule has 0 radical (unpaired) electrons. The van der Waals surface area contributed by atoms with Crippen LogP contribution in [0.4, 0.5) is 5.69 Å². The number of nitrogens with one attached hydrogen (secondary N) is 1. The maximum absolute atomic E-state index is 9.87. The van der Waals surface area contributed by atoms with Crippen molar-refractivity contribution in [2.24, 2.45) is 0 Å². The Morgan fingerprint density at radius 2 is 1.90 bits per heavy atom. The first-order valence-electron chi connectivity index (χ1n) is 7.63. The number of phenolic OH excluding ortho intramolecular Hbond substituents is 1. The molecule has 0 saturated carbocycles. The summed E-state index contributed by atoms with van der Waals surface area (Å²) in [6, 6.07) is 14.8. The molecule has 2 nitrogen and oxygen atoms in total. The van der Waals surface area contributed by atoms with E-state index in [0.29, 0.717) is 11.8 Å². The lowest BCUT2D eigenvalue weighted by Gasteiger charge is -2.37. The van der Waals surface area contributed by atoms with Crippen molar-refractivity contribution in [3.8, 4) is 5.75 Å². The van der Waals surface area contributed by atoms with Gasteiger partial charge in [-0.25, -0.2) is 0 Å². The summed E-state index contributed by atoms with van der Waals surface area (Å²) in [7, 11) is 0. The SMILES string of the molecule is Cc1ccc(NC2CCC(C)(C)c3ccccc32)cc1O. The van der Waals surface area contributed by atoms with Crippen molar-refractivity contribution in [3.63, 3.8) is 0 Å². The smallest absolute Gasteiger partial charge is 0.120 e. The fourth-order valence-electron chi connectivity index (χ4n) is 3.26. The van der Waals surface area contributed by atoms with Crippen molar-refractivity contribution in [1.29, 1.82) is 0 Å². The Labute approximate surface area is 126 Å². The average Bonchev–Trinajstić information content (AvgIpc) is 2.46. The number of anilines is 1. The van der Waals surface area contributed by atoms with Crippen LogP contribution >= 0.6 is 0 Å². The number of phenols is 1. The number of rotatable bonds is 2. The molecule has 0 saturated heterocycles. The van der Waals surface area contributed by atoms with E-state index in [1.165, 1.54) is 17.5 Å². The molecule has 110 valence electrons. The Bertz CT molecular complexity index is 660. The van der Waals surface area contributed by atoms with Crippen molar-refractivity contribution in [2.75, 3.05) is 5.32 Å². The van der Waals surface area contributed by atoms with Gasteiger partial charge in [-0.2, -0.15) is 0 Å². The molecule has 0 aromatic heterocycles. The van der Waals surface area contributed by atoms with Crippen LogP contribution in [0.3, 0.4) is 0 Å². The zero-order chi connectivity index (χ0) is 15.0. The first-order valence-corrected chi connectivity index (χ1v) is 7.63. The van der Waals surface area contributed by atoms with Crippen LogP contribution < -0.4 is 5.32 Å². The Kier molecular flexibility index (Phi) is 3.40. The third kappa shape index (κ3) is 2.63. The molecular formula is C19H23NO. The van der Waals surface area contributed by atoms with Gasteiger partial charge in [-0.05, 0) is 47.9 Å². The maximum atomic E-state index is 9.87. The maximum Gasteiger partial charge on any atom is 0.120 e. The Balaban J connectivity index is 1.92. The second-order valence-corrected chi connectivity index (χ2v) is 6.71. The summed E-state index contributed by atoms with van der Waals surface area (Å²) in [5.74, 6) is 0.351. The molecule has 0 fully saturated rings. The fourth-order valence-corrected chi connectivity index (χ4v) is 3.26. The van der Waals surface area contributed by atoms with E-state index in [1.807, 2.05) is 25.1 Å². The highest BCUT2D eigenvalue weighted by Crippen LogP contribution is 2.42. The highest BCUT2D eigenvalue weighted by molar-refractivity contribution is 5.53. The predicted molar refractivity (Wildman–Crippen MR) is 87.9 cm³/mol. The van der Waals surface area contributed by atoms with Crippen molar-refractivity contribution in [1.82, 2.24) is 0 Å². The van der Waals surface area contributed by atoms with Gasteiger partial charge < -0.3 is 10.4 Å². The number of hydrogen-bond donors (Lipinski definition) is 2. The summed E-state index contributed by atoms with van der Waals surface area (Å²) in [4.78, 5) is 0. The van der Waals surface area contributed by atoms with Crippen LogP contribution in [-0.4, -0.2) is 5.11 Å². The molecule has 2 N–H and O–H groups in total. The monoisotopic (exact) mass is 281 g/mol. The molecule has 0 aliphatic heterocycles. The molecule has 2 aromatic rings. The van der Waals surface area contributed by atoms with Gasteiger partial charge in [0.15, 0.2) is 0 Å². The lowest BCUT2D eigenvalue weighted by Crippen LogP contribution is -2.29. The van der Waals surface area contributed by atoms with Crippen molar-refractivity contribution < 1.29 is 5.11 Å². The summed E-state index contributed by atoms with van der Waals surface area (Å²) in [6.07, 6.45) is 2.28. The van der Waals surface area contributed by atoms with Crippen LogP contribution in [0, 0.1) is 6.92 Å². The van der Waals surface area contributed by atoms with E-state index in [9.17, 15) is 5.11 Å². The van der Waals surface area contributed by atoms with Gasteiger partial charge in [0, 0.05) is 11.8 Å². The average molecular weight is 281 g/mol. The molecule has 0 bridgehead atoms. The molecule has 2 heteroatoms. The van der Waals surface area contributed by atoms with Crippen LogP contribution in [0.5, 0.6) is 5.75 Å². The van der Waals surface area contributed by atoms with Crippen LogP contribution in [0.25, 0.3) is 0 Å². The summed E-state index contributed by atoms with van der Waals surface area (Å²) in [6.45, 7) is 6.55. The molecule has 3 rings (SSSR count). The van der Waals surface area contributed by atoms with E-state index in [4.69, 9.17) is 0 Å². The van der Waals surface area contributed by atoms with E-state index in [2.05, 4.69) is 43.4 Å². The molecule has 1 unspecified atom stereocenters. The summed E-state index contributed by atoms with van der Waals surface area (Å²) < 4.78 is 0. The van der Waals surface area contributed by atoms with Crippen molar-refractivity contribution in [3.05, 3.63) is 59.2 Å². The Hall–Kier alpha value is -1.96. The van der Waals surface area contributed by atoms with Crippen LogP contribution in [-0.2, 0) is 5.41 Å². The van der Waals surface area contributed by atoms with Gasteiger partial charge >= 0.3 is 0 Å². The van der Waals surface area contributed by atoms with E-state index >= 15 is 0 Å². The minimum atomic E-state index is 0.240. The van der Waals surface area contributed by atoms with Crippen LogP contribution in [0.2, 0.25) is 0 Å². The highest BCUT2D eigenvalue weighted by atomic mass is 16.3. The molecular weight excluding hydrogens is 258 g/mol.